The topological polar surface area (TPSA) is 75.9 Å². The first-order valence-corrected chi connectivity index (χ1v) is 0.827. The fraction of sp³-hybridized carbons (Fsp3) is 0. The molecule has 0 unspecified atom stereocenters. The number of nitrogens with one attached hydrogen (secondary N) is 1. The molecule has 1 radical (unpaired) electrons. The van der Waals surface area contributed by atoms with E-state index in [9.17, 15) is 0 Å². The number of hydrogen-bond acceptors (Lipinski definition) is 1. The molecule has 6 heteroatoms. The first kappa shape index (κ1) is 25.5. The minimum absolute atomic E-state index is 0. The van der Waals surface area contributed by atoms with Crippen molar-refractivity contribution in [2.75, 3.05) is 0 Å². The molecule has 0 atom stereocenters. The van der Waals surface area contributed by atoms with Crippen LogP contribution in [0.3, 0.4) is 0 Å². The van der Waals surface area contributed by atoms with E-state index in [-0.39, 0.29) is 53.8 Å². The van der Waals surface area contributed by atoms with Gasteiger partial charge in [-0.3, -0.25) is 5.41 Å². The summed E-state index contributed by atoms with van der Waals surface area (Å²) in [7, 11) is 0. The molecular weight excluding hydrogens is 149 g/mol. The van der Waals surface area contributed by atoms with Crippen LogP contribution in [-0.2, 0) is 0 Å². The van der Waals surface area contributed by atoms with Gasteiger partial charge in [0.1, 0.15) is 0 Å². The molecule has 0 rings (SSSR count). The van der Waals surface area contributed by atoms with Gasteiger partial charge in [-0.25, -0.2) is 0 Å². The molecule has 0 bridgehead atoms. The van der Waals surface area contributed by atoms with Gasteiger partial charge < -0.3 is 23.9 Å². The molecule has 0 aromatic carbocycles. The minimum Gasteiger partial charge on any atom is -1.00 e. The Morgan fingerprint density at radius 2 is 1.29 bits per heavy atom. The molecule has 0 fully saturated rings. The zero-order valence-electron chi connectivity index (χ0n) is 3.65. The molecule has 0 aliphatic carbocycles. The smallest absolute Gasteiger partial charge is 1.00 e. The Kier molecular flexibility index (Phi) is 58.1. The third kappa shape index (κ3) is 371. The normalized spacial score (nSPS) is 3.43. The first-order valence-electron chi connectivity index (χ1n) is 0.827. The molecule has 0 aliphatic rings. The SMILES string of the molecule is Cl.N=C(N)N.[Cl-].[Mg+]. The van der Waals surface area contributed by atoms with Gasteiger partial charge in [-0.05, 0) is 0 Å². The van der Waals surface area contributed by atoms with E-state index in [0.717, 1.165) is 0 Å². The second kappa shape index (κ2) is 16.0. The Balaban J connectivity index is -0.0000000150. The van der Waals surface area contributed by atoms with Crippen LogP contribution in [0, 0.1) is 5.41 Å². The van der Waals surface area contributed by atoms with Gasteiger partial charge in [0, 0.05) is 0 Å². The summed E-state index contributed by atoms with van der Waals surface area (Å²) in [5.41, 5.74) is 8.94. The van der Waals surface area contributed by atoms with Crippen LogP contribution in [-0.4, -0.2) is 29.0 Å². The molecule has 0 aliphatic heterocycles. The van der Waals surface area contributed by atoms with Crippen molar-refractivity contribution in [3.63, 3.8) is 0 Å². The van der Waals surface area contributed by atoms with Crippen molar-refractivity contribution < 1.29 is 12.4 Å². The molecule has 0 saturated carbocycles. The number of guanidine groups is 1. The standard InChI is InChI=1S/CH5N3.2ClH.Mg/c2-1(3)4;;;/h(H5,2,3,4);2*1H;/q;;;+1/p-1. The van der Waals surface area contributed by atoms with Crippen molar-refractivity contribution in [3.05, 3.63) is 0 Å². The largest absolute Gasteiger partial charge is 1.00 e. The fourth-order valence-electron chi connectivity index (χ4n) is 0. The van der Waals surface area contributed by atoms with E-state index in [4.69, 9.17) is 5.41 Å². The summed E-state index contributed by atoms with van der Waals surface area (Å²) in [4.78, 5) is 0. The minimum atomic E-state index is -0.333. The number of nitrogens with two attached hydrogens (primary N) is 2. The molecule has 7 heavy (non-hydrogen) atoms. The fourth-order valence-corrected chi connectivity index (χ4v) is 0. The summed E-state index contributed by atoms with van der Waals surface area (Å²) >= 11 is 0. The summed E-state index contributed by atoms with van der Waals surface area (Å²) in [5.74, 6) is -0.333. The Morgan fingerprint density at radius 1 is 1.29 bits per heavy atom. The number of rotatable bonds is 0. The predicted octanol–water partition coefficient (Wildman–Crippen LogP) is -4.12. The van der Waals surface area contributed by atoms with Gasteiger partial charge >= 0.3 is 23.1 Å². The van der Waals surface area contributed by atoms with Gasteiger partial charge in [-0.15, -0.1) is 12.4 Å². The molecule has 3 nitrogen and oxygen atoms in total. The zero-order chi connectivity index (χ0) is 3.58. The van der Waals surface area contributed by atoms with Crippen molar-refractivity contribution >= 4 is 41.4 Å². The van der Waals surface area contributed by atoms with Gasteiger partial charge in [0.05, 0.1) is 0 Å². The number of halogens is 2. The summed E-state index contributed by atoms with van der Waals surface area (Å²) in [6.45, 7) is 0. The van der Waals surface area contributed by atoms with Crippen molar-refractivity contribution in [2.45, 2.75) is 0 Å². The van der Waals surface area contributed by atoms with Gasteiger partial charge in [-0.2, -0.15) is 0 Å². The average Bonchev–Trinajstić information content (AvgIpc) is 0.811. The van der Waals surface area contributed by atoms with Gasteiger partial charge in [0.25, 0.3) is 0 Å². The van der Waals surface area contributed by atoms with Crippen LogP contribution in [0.4, 0.5) is 0 Å². The molecule has 0 aromatic rings. The second-order valence-corrected chi connectivity index (χ2v) is 0.455. The summed E-state index contributed by atoms with van der Waals surface area (Å²) in [5, 5.41) is 6.06. The maximum Gasteiger partial charge on any atom is 1.00 e. The van der Waals surface area contributed by atoms with Crippen LogP contribution in [0.1, 0.15) is 0 Å². The van der Waals surface area contributed by atoms with Crippen LogP contribution in [0.2, 0.25) is 0 Å². The third-order valence-corrected chi connectivity index (χ3v) is 0. The third-order valence-electron chi connectivity index (χ3n) is 0. The molecule has 0 aromatic heterocycles. The van der Waals surface area contributed by atoms with Crippen LogP contribution in [0.5, 0.6) is 0 Å². The maximum atomic E-state index is 6.06. The van der Waals surface area contributed by atoms with E-state index in [1.807, 2.05) is 0 Å². The van der Waals surface area contributed by atoms with Crippen LogP contribution < -0.4 is 23.9 Å². The van der Waals surface area contributed by atoms with E-state index in [0.29, 0.717) is 0 Å². The molecule has 0 spiro atoms. The summed E-state index contributed by atoms with van der Waals surface area (Å²) < 4.78 is 0. The van der Waals surface area contributed by atoms with Crippen molar-refractivity contribution in [1.29, 1.82) is 5.41 Å². The van der Waals surface area contributed by atoms with Crippen LogP contribution >= 0.6 is 12.4 Å². The van der Waals surface area contributed by atoms with Crippen LogP contribution in [0.25, 0.3) is 0 Å². The molecule has 5 N–H and O–H groups in total. The molecule has 0 amide bonds. The molecular formula is CH6Cl2MgN3. The van der Waals surface area contributed by atoms with E-state index >= 15 is 0 Å². The van der Waals surface area contributed by atoms with Crippen LogP contribution in [0.15, 0.2) is 0 Å². The van der Waals surface area contributed by atoms with E-state index in [1.54, 1.807) is 0 Å². The van der Waals surface area contributed by atoms with E-state index in [2.05, 4.69) is 11.5 Å². The molecule has 41 valence electrons. The zero-order valence-corrected chi connectivity index (χ0v) is 6.63. The van der Waals surface area contributed by atoms with Gasteiger partial charge in [0.15, 0.2) is 5.96 Å². The Morgan fingerprint density at radius 3 is 1.29 bits per heavy atom. The quantitative estimate of drug-likeness (QED) is 0.189. The monoisotopic (exact) mass is 154 g/mol. The second-order valence-electron chi connectivity index (χ2n) is 0.455. The molecule has 0 heterocycles. The Hall–Kier alpha value is 0.616. The van der Waals surface area contributed by atoms with Crippen molar-refractivity contribution in [1.82, 2.24) is 0 Å². The van der Waals surface area contributed by atoms with Crippen molar-refractivity contribution in [3.8, 4) is 0 Å². The van der Waals surface area contributed by atoms with Gasteiger partial charge in [-0.1, -0.05) is 0 Å². The predicted molar refractivity (Wildman–Crippen MR) is 29.1 cm³/mol. The van der Waals surface area contributed by atoms with E-state index in [1.165, 1.54) is 0 Å². The van der Waals surface area contributed by atoms with Crippen molar-refractivity contribution in [2.24, 2.45) is 11.5 Å². The van der Waals surface area contributed by atoms with E-state index < -0.39 is 0 Å². The Labute approximate surface area is 70.7 Å². The summed E-state index contributed by atoms with van der Waals surface area (Å²) in [6.07, 6.45) is 0. The Bertz CT molecular complexity index is 35.9. The summed E-state index contributed by atoms with van der Waals surface area (Å²) in [6, 6.07) is 0. The average molecular weight is 155 g/mol. The molecule has 0 saturated heterocycles. The maximum absolute atomic E-state index is 6.06. The first-order chi connectivity index (χ1) is 1.73. The van der Waals surface area contributed by atoms with Gasteiger partial charge in [0.2, 0.25) is 0 Å². The number of hydrogen-bond donors (Lipinski definition) is 3.